The van der Waals surface area contributed by atoms with Crippen molar-refractivity contribution in [2.24, 2.45) is 0 Å². The summed E-state index contributed by atoms with van der Waals surface area (Å²) in [5, 5.41) is 0. The van der Waals surface area contributed by atoms with E-state index in [9.17, 15) is 4.79 Å². The highest BCUT2D eigenvalue weighted by molar-refractivity contribution is 5.95. The van der Waals surface area contributed by atoms with Gasteiger partial charge in [-0.25, -0.2) is 4.98 Å². The molecule has 3 rings (SSSR count). The fourth-order valence-electron chi connectivity index (χ4n) is 2.69. The van der Waals surface area contributed by atoms with E-state index in [-0.39, 0.29) is 30.7 Å². The van der Waals surface area contributed by atoms with E-state index in [4.69, 9.17) is 10.5 Å². The van der Waals surface area contributed by atoms with Crippen LogP contribution in [0.25, 0.3) is 0 Å². The Morgan fingerprint density at radius 3 is 2.48 bits per heavy atom. The molecule has 1 aliphatic rings. The van der Waals surface area contributed by atoms with Crippen molar-refractivity contribution >= 4 is 42.2 Å². The van der Waals surface area contributed by atoms with Crippen molar-refractivity contribution in [1.82, 2.24) is 9.88 Å². The van der Waals surface area contributed by atoms with E-state index in [0.717, 1.165) is 24.7 Å². The highest BCUT2D eigenvalue weighted by Crippen LogP contribution is 2.20. The van der Waals surface area contributed by atoms with Crippen molar-refractivity contribution in [1.29, 1.82) is 0 Å². The number of piperazine rings is 1. The average Bonchev–Trinajstić information content (AvgIpc) is 2.61. The maximum Gasteiger partial charge on any atom is 0.254 e. The zero-order valence-electron chi connectivity index (χ0n) is 13.9. The lowest BCUT2D eigenvalue weighted by molar-refractivity contribution is 0.0746. The number of amides is 1. The first kappa shape index (κ1) is 20.9. The zero-order valence-corrected chi connectivity index (χ0v) is 15.6. The summed E-state index contributed by atoms with van der Waals surface area (Å²) in [6.07, 6.45) is 1.73. The Hall–Kier alpha value is -2.18. The van der Waals surface area contributed by atoms with Crippen molar-refractivity contribution in [2.75, 3.05) is 43.9 Å². The number of carbonyl (C=O) groups excluding carboxylic acids is 1. The van der Waals surface area contributed by atoms with Crippen LogP contribution in [0.4, 0.5) is 11.5 Å². The van der Waals surface area contributed by atoms with Crippen molar-refractivity contribution in [2.45, 2.75) is 0 Å². The number of nitrogen functional groups attached to an aromatic ring is 1. The van der Waals surface area contributed by atoms with Crippen LogP contribution in [-0.2, 0) is 0 Å². The molecule has 1 aromatic heterocycles. The molecule has 2 aromatic rings. The number of pyridine rings is 1. The fraction of sp³-hybridized carbons (Fsp3) is 0.294. The standard InChI is InChI=1S/C17H20N4O2.2ClH/c1-23-15-5-6-19-16(12-15)20-7-9-21(10-8-20)17(22)13-3-2-4-14(18)11-13;;/h2-6,11-12H,7-10,18H2,1H3;2*1H. The quantitative estimate of drug-likeness (QED) is 0.822. The molecule has 136 valence electrons. The molecule has 1 aliphatic heterocycles. The number of aromatic nitrogens is 1. The van der Waals surface area contributed by atoms with Gasteiger partial charge in [0.15, 0.2) is 0 Å². The smallest absolute Gasteiger partial charge is 0.254 e. The molecule has 2 heterocycles. The SMILES string of the molecule is COc1ccnc(N2CCN(C(=O)c3cccc(N)c3)CC2)c1.Cl.Cl. The first-order valence-corrected chi connectivity index (χ1v) is 7.57. The van der Waals surface area contributed by atoms with Crippen LogP contribution in [0.2, 0.25) is 0 Å². The molecule has 0 atom stereocenters. The highest BCUT2D eigenvalue weighted by Gasteiger charge is 2.23. The summed E-state index contributed by atoms with van der Waals surface area (Å²) < 4.78 is 5.23. The third-order valence-electron chi connectivity index (χ3n) is 3.98. The number of anilines is 2. The lowest BCUT2D eigenvalue weighted by atomic mass is 10.1. The van der Waals surface area contributed by atoms with E-state index in [1.165, 1.54) is 0 Å². The van der Waals surface area contributed by atoms with Crippen LogP contribution in [0.3, 0.4) is 0 Å². The molecule has 2 N–H and O–H groups in total. The van der Waals surface area contributed by atoms with Crippen molar-refractivity contribution in [3.8, 4) is 5.75 Å². The molecule has 0 bridgehead atoms. The van der Waals surface area contributed by atoms with Gasteiger partial charge in [0.2, 0.25) is 0 Å². The topological polar surface area (TPSA) is 71.7 Å². The maximum atomic E-state index is 12.5. The van der Waals surface area contributed by atoms with Gasteiger partial charge >= 0.3 is 0 Å². The lowest BCUT2D eigenvalue weighted by Crippen LogP contribution is -2.49. The van der Waals surface area contributed by atoms with Gasteiger partial charge in [0, 0.05) is 49.7 Å². The molecule has 8 heteroatoms. The van der Waals surface area contributed by atoms with Crippen LogP contribution in [0, 0.1) is 0 Å². The van der Waals surface area contributed by atoms with Gasteiger partial charge in [0.25, 0.3) is 5.91 Å². The summed E-state index contributed by atoms with van der Waals surface area (Å²) in [4.78, 5) is 20.9. The first-order valence-electron chi connectivity index (χ1n) is 7.57. The summed E-state index contributed by atoms with van der Waals surface area (Å²) >= 11 is 0. The molecular weight excluding hydrogens is 363 g/mol. The number of hydrogen-bond donors (Lipinski definition) is 1. The number of nitrogens with zero attached hydrogens (tertiary/aromatic N) is 3. The summed E-state index contributed by atoms with van der Waals surface area (Å²) in [5.74, 6) is 1.68. The molecule has 0 saturated carbocycles. The summed E-state index contributed by atoms with van der Waals surface area (Å²) in [5.41, 5.74) is 7.00. The molecule has 0 aliphatic carbocycles. The van der Waals surface area contributed by atoms with Gasteiger partial charge in [-0.2, -0.15) is 0 Å². The maximum absolute atomic E-state index is 12.5. The molecule has 1 fully saturated rings. The Morgan fingerprint density at radius 2 is 1.84 bits per heavy atom. The number of halogens is 2. The fourth-order valence-corrected chi connectivity index (χ4v) is 2.69. The van der Waals surface area contributed by atoms with Crippen LogP contribution in [0.5, 0.6) is 5.75 Å². The molecule has 0 radical (unpaired) electrons. The molecular formula is C17H22Cl2N4O2. The van der Waals surface area contributed by atoms with Crippen LogP contribution in [-0.4, -0.2) is 49.1 Å². The minimum absolute atomic E-state index is 0. The number of benzene rings is 1. The van der Waals surface area contributed by atoms with Gasteiger partial charge in [0.1, 0.15) is 11.6 Å². The Balaban J connectivity index is 0.00000156. The van der Waals surface area contributed by atoms with E-state index in [0.29, 0.717) is 24.3 Å². The zero-order chi connectivity index (χ0) is 16.2. The van der Waals surface area contributed by atoms with Crippen LogP contribution < -0.4 is 15.4 Å². The molecule has 1 aromatic carbocycles. The summed E-state index contributed by atoms with van der Waals surface area (Å²) in [6.45, 7) is 2.81. The third kappa shape index (κ3) is 4.90. The number of ether oxygens (including phenoxy) is 1. The number of carbonyl (C=O) groups is 1. The van der Waals surface area contributed by atoms with Gasteiger partial charge in [-0.15, -0.1) is 24.8 Å². The molecule has 0 unspecified atom stereocenters. The number of hydrogen-bond acceptors (Lipinski definition) is 5. The van der Waals surface area contributed by atoms with Crippen LogP contribution >= 0.6 is 24.8 Å². The van der Waals surface area contributed by atoms with Crippen LogP contribution in [0.1, 0.15) is 10.4 Å². The Kier molecular flexibility index (Phi) is 7.80. The predicted molar refractivity (Wildman–Crippen MR) is 104 cm³/mol. The Labute approximate surface area is 159 Å². The molecule has 6 nitrogen and oxygen atoms in total. The Bertz CT molecular complexity index is 707. The third-order valence-corrected chi connectivity index (χ3v) is 3.98. The first-order chi connectivity index (χ1) is 11.2. The number of rotatable bonds is 3. The van der Waals surface area contributed by atoms with Crippen molar-refractivity contribution in [3.63, 3.8) is 0 Å². The van der Waals surface area contributed by atoms with Crippen molar-refractivity contribution in [3.05, 3.63) is 48.2 Å². The normalized spacial score (nSPS) is 13.5. The highest BCUT2D eigenvalue weighted by atomic mass is 35.5. The Morgan fingerprint density at radius 1 is 1.12 bits per heavy atom. The monoisotopic (exact) mass is 384 g/mol. The molecule has 25 heavy (non-hydrogen) atoms. The largest absolute Gasteiger partial charge is 0.497 e. The van der Waals surface area contributed by atoms with E-state index in [1.54, 1.807) is 37.6 Å². The number of methoxy groups -OCH3 is 1. The van der Waals surface area contributed by atoms with Gasteiger partial charge in [0.05, 0.1) is 7.11 Å². The van der Waals surface area contributed by atoms with E-state index >= 15 is 0 Å². The van der Waals surface area contributed by atoms with E-state index in [2.05, 4.69) is 9.88 Å². The van der Waals surface area contributed by atoms with Gasteiger partial charge in [-0.3, -0.25) is 4.79 Å². The average molecular weight is 385 g/mol. The van der Waals surface area contributed by atoms with E-state index in [1.807, 2.05) is 17.0 Å². The van der Waals surface area contributed by atoms with Crippen molar-refractivity contribution < 1.29 is 9.53 Å². The molecule has 1 saturated heterocycles. The van der Waals surface area contributed by atoms with Gasteiger partial charge in [-0.05, 0) is 24.3 Å². The minimum Gasteiger partial charge on any atom is -0.497 e. The summed E-state index contributed by atoms with van der Waals surface area (Å²) in [7, 11) is 1.64. The second-order valence-corrected chi connectivity index (χ2v) is 5.46. The number of nitrogens with two attached hydrogens (primary N) is 1. The van der Waals surface area contributed by atoms with Gasteiger partial charge in [-0.1, -0.05) is 6.07 Å². The second kappa shape index (κ2) is 9.34. The molecule has 1 amide bonds. The minimum atomic E-state index is 0. The predicted octanol–water partition coefficient (Wildman–Crippen LogP) is 2.48. The van der Waals surface area contributed by atoms with E-state index < -0.39 is 0 Å². The van der Waals surface area contributed by atoms with Crippen LogP contribution in [0.15, 0.2) is 42.6 Å². The summed E-state index contributed by atoms with van der Waals surface area (Å²) in [6, 6.07) is 10.8. The molecule has 0 spiro atoms. The second-order valence-electron chi connectivity index (χ2n) is 5.46. The lowest BCUT2D eigenvalue weighted by Gasteiger charge is -2.35. The van der Waals surface area contributed by atoms with Gasteiger partial charge < -0.3 is 20.3 Å².